The summed E-state index contributed by atoms with van der Waals surface area (Å²) in [5.41, 5.74) is -0.585. The van der Waals surface area contributed by atoms with Crippen molar-refractivity contribution in [2.75, 3.05) is 23.6 Å². The molecule has 0 heterocycles. The molecule has 0 aliphatic heterocycles. The van der Waals surface area contributed by atoms with E-state index < -0.39 is 33.2 Å². The summed E-state index contributed by atoms with van der Waals surface area (Å²) in [6, 6.07) is 1.53. The molecule has 0 atom stereocenters. The Balaban J connectivity index is 2.51. The molecule has 0 fully saturated rings. The highest BCUT2D eigenvalue weighted by molar-refractivity contribution is 7.92. The number of halogens is 3. The first-order chi connectivity index (χ1) is 9.87. The predicted octanol–water partition coefficient (Wildman–Crippen LogP) is 2.63. The molecule has 120 valence electrons. The maximum Gasteiger partial charge on any atom is 0.232 e. The van der Waals surface area contributed by atoms with Gasteiger partial charge in [-0.25, -0.2) is 21.6 Å². The van der Waals surface area contributed by atoms with Gasteiger partial charge in [-0.15, -0.1) is 0 Å². The Morgan fingerprint density at radius 1 is 1.05 bits per heavy atom. The average Bonchev–Trinajstić information content (AvgIpc) is 2.43. The van der Waals surface area contributed by atoms with Crippen LogP contribution in [-0.4, -0.2) is 27.3 Å². The van der Waals surface area contributed by atoms with Gasteiger partial charge in [0.25, 0.3) is 0 Å². The van der Waals surface area contributed by atoms with E-state index >= 15 is 0 Å². The summed E-state index contributed by atoms with van der Waals surface area (Å²) in [7, 11) is -3.79. The Morgan fingerprint density at radius 3 is 2.43 bits per heavy atom. The molecule has 21 heavy (non-hydrogen) atoms. The van der Waals surface area contributed by atoms with E-state index in [2.05, 4.69) is 5.32 Å². The lowest BCUT2D eigenvalue weighted by Gasteiger charge is -2.09. The lowest BCUT2D eigenvalue weighted by Crippen LogP contribution is -2.20. The van der Waals surface area contributed by atoms with Crippen LogP contribution in [0.2, 0.25) is 0 Å². The quantitative estimate of drug-likeness (QED) is 0.542. The zero-order valence-electron chi connectivity index (χ0n) is 11.8. The lowest BCUT2D eigenvalue weighted by atomic mass is 10.3. The number of hydrogen-bond acceptors (Lipinski definition) is 3. The molecule has 0 spiro atoms. The van der Waals surface area contributed by atoms with E-state index in [1.165, 1.54) is 0 Å². The van der Waals surface area contributed by atoms with E-state index in [0.29, 0.717) is 25.5 Å². The number of rotatable bonds is 9. The first-order valence-corrected chi connectivity index (χ1v) is 8.37. The monoisotopic (exact) mass is 324 g/mol. The minimum absolute atomic E-state index is 0.209. The molecule has 1 aromatic carbocycles. The van der Waals surface area contributed by atoms with E-state index in [1.54, 1.807) is 0 Å². The first-order valence-electron chi connectivity index (χ1n) is 6.72. The molecule has 4 nitrogen and oxygen atoms in total. The second-order valence-corrected chi connectivity index (χ2v) is 6.44. The highest BCUT2D eigenvalue weighted by Gasteiger charge is 2.17. The second-order valence-electron chi connectivity index (χ2n) is 4.60. The average molecular weight is 324 g/mol. The molecule has 2 N–H and O–H groups in total. The van der Waals surface area contributed by atoms with Crippen LogP contribution in [-0.2, 0) is 10.0 Å². The summed E-state index contributed by atoms with van der Waals surface area (Å²) < 4.78 is 64.5. The molecule has 1 rings (SSSR count). The summed E-state index contributed by atoms with van der Waals surface area (Å²) in [5.74, 6) is -4.81. The number of hydrogen-bond donors (Lipinski definition) is 2. The van der Waals surface area contributed by atoms with Crippen LogP contribution in [0.4, 0.5) is 18.9 Å². The third kappa shape index (κ3) is 5.92. The van der Waals surface area contributed by atoms with Crippen molar-refractivity contribution in [3.63, 3.8) is 0 Å². The molecule has 0 bridgehead atoms. The highest BCUT2D eigenvalue weighted by atomic mass is 32.2. The van der Waals surface area contributed by atoms with Gasteiger partial charge < -0.3 is 5.32 Å². The number of anilines is 1. The molecule has 0 aromatic heterocycles. The van der Waals surface area contributed by atoms with Crippen LogP contribution in [0, 0.1) is 17.5 Å². The zero-order chi connectivity index (χ0) is 15.9. The van der Waals surface area contributed by atoms with Crippen molar-refractivity contribution < 1.29 is 21.6 Å². The van der Waals surface area contributed by atoms with Crippen molar-refractivity contribution in [3.05, 3.63) is 29.6 Å². The van der Waals surface area contributed by atoms with E-state index in [4.69, 9.17) is 0 Å². The fraction of sp³-hybridized carbons (Fsp3) is 0.538. The molecule has 8 heteroatoms. The van der Waals surface area contributed by atoms with Crippen molar-refractivity contribution in [3.8, 4) is 0 Å². The van der Waals surface area contributed by atoms with Gasteiger partial charge in [0, 0.05) is 0 Å². The number of benzene rings is 1. The van der Waals surface area contributed by atoms with Gasteiger partial charge in [0.05, 0.1) is 11.4 Å². The van der Waals surface area contributed by atoms with Crippen molar-refractivity contribution in [1.29, 1.82) is 0 Å². The highest BCUT2D eigenvalue weighted by Crippen LogP contribution is 2.20. The van der Waals surface area contributed by atoms with Crippen LogP contribution in [0.5, 0.6) is 0 Å². The SMILES string of the molecule is CCCNCCCCS(=O)(=O)Nc1ccc(F)c(F)c1F. The Hall–Kier alpha value is -1.28. The normalized spacial score (nSPS) is 11.6. The molecular formula is C13H19F3N2O2S. The van der Waals surface area contributed by atoms with Crippen LogP contribution >= 0.6 is 0 Å². The summed E-state index contributed by atoms with van der Waals surface area (Å²) in [6.07, 6.45) is 2.04. The molecule has 0 saturated heterocycles. The van der Waals surface area contributed by atoms with Gasteiger partial charge in [-0.2, -0.15) is 0 Å². The Morgan fingerprint density at radius 2 is 1.76 bits per heavy atom. The van der Waals surface area contributed by atoms with Crippen molar-refractivity contribution in [1.82, 2.24) is 5.32 Å². The van der Waals surface area contributed by atoms with Crippen LogP contribution in [0.15, 0.2) is 12.1 Å². The van der Waals surface area contributed by atoms with Gasteiger partial charge in [-0.3, -0.25) is 4.72 Å². The van der Waals surface area contributed by atoms with Gasteiger partial charge in [0.1, 0.15) is 0 Å². The Kier molecular flexibility index (Phi) is 6.97. The summed E-state index contributed by atoms with van der Waals surface area (Å²) >= 11 is 0. The molecule has 0 unspecified atom stereocenters. The molecule has 1 aromatic rings. The van der Waals surface area contributed by atoms with E-state index in [0.717, 1.165) is 19.0 Å². The summed E-state index contributed by atoms with van der Waals surface area (Å²) in [6.45, 7) is 3.59. The fourth-order valence-electron chi connectivity index (χ4n) is 1.67. The van der Waals surface area contributed by atoms with E-state index in [9.17, 15) is 21.6 Å². The van der Waals surface area contributed by atoms with Crippen molar-refractivity contribution in [2.24, 2.45) is 0 Å². The van der Waals surface area contributed by atoms with Crippen molar-refractivity contribution >= 4 is 15.7 Å². The van der Waals surface area contributed by atoms with Crippen LogP contribution in [0.1, 0.15) is 26.2 Å². The Bertz CT molecular complexity index is 565. The second kappa shape index (κ2) is 8.23. The largest absolute Gasteiger partial charge is 0.317 e. The van der Waals surface area contributed by atoms with Gasteiger partial charge >= 0.3 is 0 Å². The number of sulfonamides is 1. The van der Waals surface area contributed by atoms with Gasteiger partial charge in [-0.1, -0.05) is 6.92 Å². The molecular weight excluding hydrogens is 305 g/mol. The van der Waals surface area contributed by atoms with Crippen LogP contribution in [0.25, 0.3) is 0 Å². The van der Waals surface area contributed by atoms with E-state index in [-0.39, 0.29) is 5.75 Å². The third-order valence-electron chi connectivity index (χ3n) is 2.74. The fourth-order valence-corrected chi connectivity index (χ4v) is 2.85. The lowest BCUT2D eigenvalue weighted by molar-refractivity contribution is 0.449. The summed E-state index contributed by atoms with van der Waals surface area (Å²) in [4.78, 5) is 0. The maximum absolute atomic E-state index is 13.4. The van der Waals surface area contributed by atoms with Crippen LogP contribution in [0.3, 0.4) is 0 Å². The topological polar surface area (TPSA) is 58.2 Å². The number of nitrogens with one attached hydrogen (secondary N) is 2. The first kappa shape index (κ1) is 17.8. The van der Waals surface area contributed by atoms with Crippen LogP contribution < -0.4 is 10.0 Å². The molecule has 0 amide bonds. The standard InChI is InChI=1S/C13H19F3N2O2S/c1-2-7-17-8-3-4-9-21(19,20)18-11-6-5-10(14)12(15)13(11)16/h5-6,17-18H,2-4,7-9H2,1H3. The third-order valence-corrected chi connectivity index (χ3v) is 4.10. The van der Waals surface area contributed by atoms with Gasteiger partial charge in [0.15, 0.2) is 17.5 Å². The minimum Gasteiger partial charge on any atom is -0.317 e. The maximum atomic E-state index is 13.4. The summed E-state index contributed by atoms with van der Waals surface area (Å²) in [5, 5.41) is 3.13. The minimum atomic E-state index is -3.79. The molecule has 0 saturated carbocycles. The molecule has 0 aliphatic rings. The Labute approximate surface area is 122 Å². The van der Waals surface area contributed by atoms with Gasteiger partial charge in [0.2, 0.25) is 10.0 Å². The predicted molar refractivity (Wildman–Crippen MR) is 76.1 cm³/mol. The zero-order valence-corrected chi connectivity index (χ0v) is 12.6. The van der Waals surface area contributed by atoms with Crippen molar-refractivity contribution in [2.45, 2.75) is 26.2 Å². The van der Waals surface area contributed by atoms with Gasteiger partial charge in [-0.05, 0) is 44.5 Å². The van der Waals surface area contributed by atoms with E-state index in [1.807, 2.05) is 11.6 Å². The molecule has 0 aliphatic carbocycles. The molecule has 0 radical (unpaired) electrons. The smallest absolute Gasteiger partial charge is 0.232 e. The number of unbranched alkanes of at least 4 members (excludes halogenated alkanes) is 1.